The number of nitrogens with zero attached hydrogens (tertiary/aromatic N) is 2. The Hall–Kier alpha value is -2.41. The molecule has 2 aromatic rings. The number of rotatable bonds is 6. The van der Waals surface area contributed by atoms with E-state index in [4.69, 9.17) is 14.5 Å². The van der Waals surface area contributed by atoms with E-state index in [2.05, 4.69) is 52.1 Å². The molecule has 1 aromatic carbocycles. The van der Waals surface area contributed by atoms with Crippen LogP contribution in [0.15, 0.2) is 40.7 Å². The third-order valence-electron chi connectivity index (χ3n) is 5.11. The van der Waals surface area contributed by atoms with Crippen LogP contribution in [0.4, 0.5) is 5.00 Å². The Morgan fingerprint density at radius 3 is 2.86 bits per heavy atom. The van der Waals surface area contributed by atoms with Crippen molar-refractivity contribution in [2.75, 3.05) is 37.9 Å². The maximum atomic E-state index is 5.46. The van der Waals surface area contributed by atoms with E-state index in [1.165, 1.54) is 10.6 Å². The number of guanidine groups is 1. The molecule has 0 aliphatic carbocycles. The second kappa shape index (κ2) is 9.19. The highest BCUT2D eigenvalue weighted by Gasteiger charge is 2.20. The van der Waals surface area contributed by atoms with Gasteiger partial charge in [0.1, 0.15) is 0 Å². The molecule has 3 heterocycles. The average Bonchev–Trinajstić information content (AvgIpc) is 3.40. The standard InChI is InChI=1S/C21H28N4O2S/c1-2-22-21(23-10-7-16-5-6-18-19(14-16)27-15-26-18)24-17-8-11-25(12-9-17)20-4-3-13-28-20/h3-6,13-14,17H,2,7-12,15H2,1H3,(H2,22,23,24). The van der Waals surface area contributed by atoms with Crippen molar-refractivity contribution in [3.63, 3.8) is 0 Å². The highest BCUT2D eigenvalue weighted by molar-refractivity contribution is 7.14. The molecule has 4 rings (SSSR count). The van der Waals surface area contributed by atoms with E-state index >= 15 is 0 Å². The molecule has 0 atom stereocenters. The molecule has 150 valence electrons. The number of benzene rings is 1. The zero-order valence-electron chi connectivity index (χ0n) is 16.3. The second-order valence-corrected chi connectivity index (χ2v) is 7.98. The van der Waals surface area contributed by atoms with Gasteiger partial charge in [0.25, 0.3) is 0 Å². The lowest BCUT2D eigenvalue weighted by Crippen LogP contribution is -2.48. The van der Waals surface area contributed by atoms with Crippen molar-refractivity contribution < 1.29 is 9.47 Å². The highest BCUT2D eigenvalue weighted by atomic mass is 32.1. The Kier molecular flexibility index (Phi) is 6.21. The van der Waals surface area contributed by atoms with E-state index in [-0.39, 0.29) is 0 Å². The van der Waals surface area contributed by atoms with Crippen LogP contribution >= 0.6 is 11.3 Å². The fraction of sp³-hybridized carbons (Fsp3) is 0.476. The first kappa shape index (κ1) is 18.9. The normalized spacial score (nSPS) is 17.0. The van der Waals surface area contributed by atoms with Gasteiger partial charge in [0.15, 0.2) is 17.5 Å². The molecule has 1 saturated heterocycles. The van der Waals surface area contributed by atoms with Crippen molar-refractivity contribution >= 4 is 22.3 Å². The third kappa shape index (κ3) is 4.70. The molecular weight excluding hydrogens is 372 g/mol. The van der Waals surface area contributed by atoms with E-state index in [0.29, 0.717) is 12.8 Å². The number of hydrogen-bond donors (Lipinski definition) is 2. The van der Waals surface area contributed by atoms with Crippen molar-refractivity contribution in [2.24, 2.45) is 4.99 Å². The summed E-state index contributed by atoms with van der Waals surface area (Å²) in [6.45, 7) is 6.21. The number of ether oxygens (including phenoxy) is 2. The van der Waals surface area contributed by atoms with Gasteiger partial charge in [-0.05, 0) is 61.4 Å². The molecule has 0 saturated carbocycles. The van der Waals surface area contributed by atoms with Crippen molar-refractivity contribution in [3.8, 4) is 11.5 Å². The number of aliphatic imine (C=N–C) groups is 1. The zero-order valence-corrected chi connectivity index (χ0v) is 17.1. The lowest BCUT2D eigenvalue weighted by atomic mass is 10.1. The van der Waals surface area contributed by atoms with Crippen molar-refractivity contribution in [3.05, 3.63) is 41.3 Å². The van der Waals surface area contributed by atoms with Gasteiger partial charge in [-0.25, -0.2) is 0 Å². The van der Waals surface area contributed by atoms with Crippen LogP contribution in [0.3, 0.4) is 0 Å². The molecular formula is C21H28N4O2S. The van der Waals surface area contributed by atoms with Crippen LogP contribution in [-0.4, -0.2) is 45.0 Å². The molecule has 7 heteroatoms. The Morgan fingerprint density at radius 2 is 2.07 bits per heavy atom. The van der Waals surface area contributed by atoms with Crippen LogP contribution in [0, 0.1) is 0 Å². The quantitative estimate of drug-likeness (QED) is 0.576. The maximum Gasteiger partial charge on any atom is 0.231 e. The summed E-state index contributed by atoms with van der Waals surface area (Å²) in [5.74, 6) is 2.58. The lowest BCUT2D eigenvalue weighted by Gasteiger charge is -2.33. The summed E-state index contributed by atoms with van der Waals surface area (Å²) in [4.78, 5) is 7.25. The van der Waals surface area contributed by atoms with Gasteiger partial charge in [0.2, 0.25) is 6.79 Å². The average molecular weight is 401 g/mol. The minimum absolute atomic E-state index is 0.316. The SMILES string of the molecule is CCNC(=NCCc1ccc2c(c1)OCO2)NC1CCN(c2cccs2)CC1. The van der Waals surface area contributed by atoms with E-state index in [1.54, 1.807) is 0 Å². The first-order valence-corrected chi connectivity index (χ1v) is 10.9. The van der Waals surface area contributed by atoms with Crippen molar-refractivity contribution in [2.45, 2.75) is 32.2 Å². The van der Waals surface area contributed by atoms with E-state index in [1.807, 2.05) is 17.4 Å². The predicted octanol–water partition coefficient (Wildman–Crippen LogP) is 3.24. The number of thiophene rings is 1. The summed E-state index contributed by atoms with van der Waals surface area (Å²) >= 11 is 1.82. The van der Waals surface area contributed by atoms with Crippen LogP contribution in [0.5, 0.6) is 11.5 Å². The molecule has 1 aromatic heterocycles. The molecule has 1 fully saturated rings. The first-order chi connectivity index (χ1) is 13.8. The minimum Gasteiger partial charge on any atom is -0.454 e. The molecule has 6 nitrogen and oxygen atoms in total. The Balaban J connectivity index is 1.27. The summed E-state index contributed by atoms with van der Waals surface area (Å²) in [6, 6.07) is 10.9. The first-order valence-electron chi connectivity index (χ1n) is 10.0. The van der Waals surface area contributed by atoms with E-state index in [0.717, 1.165) is 62.9 Å². The van der Waals surface area contributed by atoms with Crippen LogP contribution in [-0.2, 0) is 6.42 Å². The van der Waals surface area contributed by atoms with Gasteiger partial charge in [-0.15, -0.1) is 11.3 Å². The van der Waals surface area contributed by atoms with Crippen LogP contribution in [0.25, 0.3) is 0 Å². The topological polar surface area (TPSA) is 58.1 Å². The highest BCUT2D eigenvalue weighted by Crippen LogP contribution is 2.32. The van der Waals surface area contributed by atoms with Gasteiger partial charge in [-0.3, -0.25) is 4.99 Å². The van der Waals surface area contributed by atoms with E-state index in [9.17, 15) is 0 Å². The van der Waals surface area contributed by atoms with E-state index < -0.39 is 0 Å². The van der Waals surface area contributed by atoms with Crippen molar-refractivity contribution in [1.29, 1.82) is 0 Å². The number of fused-ring (bicyclic) bond motifs is 1. The number of hydrogen-bond acceptors (Lipinski definition) is 5. The summed E-state index contributed by atoms with van der Waals surface area (Å²) in [7, 11) is 0. The Labute approximate surface area is 170 Å². The van der Waals surface area contributed by atoms with Gasteiger partial charge in [0, 0.05) is 32.2 Å². The molecule has 0 bridgehead atoms. The molecule has 0 radical (unpaired) electrons. The Morgan fingerprint density at radius 1 is 1.21 bits per heavy atom. The fourth-order valence-electron chi connectivity index (χ4n) is 3.60. The second-order valence-electron chi connectivity index (χ2n) is 7.06. The maximum absolute atomic E-state index is 5.46. The van der Waals surface area contributed by atoms with Crippen molar-refractivity contribution in [1.82, 2.24) is 10.6 Å². The minimum atomic E-state index is 0.316. The lowest BCUT2D eigenvalue weighted by molar-refractivity contribution is 0.174. The predicted molar refractivity (Wildman–Crippen MR) is 115 cm³/mol. The van der Waals surface area contributed by atoms with Crippen LogP contribution < -0.4 is 25.0 Å². The third-order valence-corrected chi connectivity index (χ3v) is 6.03. The monoisotopic (exact) mass is 400 g/mol. The number of piperidine rings is 1. The van der Waals surface area contributed by atoms with Crippen LogP contribution in [0.2, 0.25) is 0 Å². The molecule has 2 aliphatic heterocycles. The largest absolute Gasteiger partial charge is 0.454 e. The molecule has 0 spiro atoms. The molecule has 0 unspecified atom stereocenters. The number of anilines is 1. The van der Waals surface area contributed by atoms with Gasteiger partial charge in [0.05, 0.1) is 5.00 Å². The Bertz CT molecular complexity index is 786. The van der Waals surface area contributed by atoms with Gasteiger partial charge in [-0.2, -0.15) is 0 Å². The summed E-state index contributed by atoms with van der Waals surface area (Å²) < 4.78 is 10.8. The van der Waals surface area contributed by atoms with Crippen LogP contribution in [0.1, 0.15) is 25.3 Å². The molecule has 2 N–H and O–H groups in total. The smallest absolute Gasteiger partial charge is 0.231 e. The summed E-state index contributed by atoms with van der Waals surface area (Å²) in [5, 5.41) is 10.5. The molecule has 0 amide bonds. The van der Waals surface area contributed by atoms with Gasteiger partial charge < -0.3 is 25.0 Å². The van der Waals surface area contributed by atoms with Gasteiger partial charge >= 0.3 is 0 Å². The van der Waals surface area contributed by atoms with Gasteiger partial charge in [-0.1, -0.05) is 6.07 Å². The molecule has 2 aliphatic rings. The zero-order chi connectivity index (χ0) is 19.2. The summed E-state index contributed by atoms with van der Waals surface area (Å²) in [6.07, 6.45) is 3.14. The summed E-state index contributed by atoms with van der Waals surface area (Å²) in [5.41, 5.74) is 1.22. The number of nitrogens with one attached hydrogen (secondary N) is 2. The fourth-order valence-corrected chi connectivity index (χ4v) is 4.39. The molecule has 28 heavy (non-hydrogen) atoms.